The van der Waals surface area contributed by atoms with Crippen LogP contribution in [-0.2, 0) is 10.0 Å². The highest BCUT2D eigenvalue weighted by atomic mass is 32.2. The standard InChI is InChI=1S/C25H29N3O3S/c1-18-16-28(17-19(2)26-18)24-15-22(11-14-25(24)31-3)27-32(29,30)23-12-9-21(10-13-23)20-7-5-4-6-8-20/h4-15,18-19,26-27H,16-17H2,1-3H3/t18-,19+. The Morgan fingerprint density at radius 1 is 0.906 bits per heavy atom. The molecule has 0 aromatic heterocycles. The van der Waals surface area contributed by atoms with Gasteiger partial charge in [0.25, 0.3) is 10.0 Å². The van der Waals surface area contributed by atoms with E-state index >= 15 is 0 Å². The Bertz CT molecular complexity index is 1150. The van der Waals surface area contributed by atoms with E-state index in [9.17, 15) is 8.42 Å². The fourth-order valence-electron chi connectivity index (χ4n) is 4.20. The van der Waals surface area contributed by atoms with Gasteiger partial charge >= 0.3 is 0 Å². The number of anilines is 2. The number of nitrogens with zero attached hydrogens (tertiary/aromatic N) is 1. The Hall–Kier alpha value is -3.03. The predicted octanol–water partition coefficient (Wildman–Crippen LogP) is 4.35. The minimum atomic E-state index is -3.72. The maximum absolute atomic E-state index is 13.0. The van der Waals surface area contributed by atoms with Gasteiger partial charge in [0.05, 0.1) is 23.4 Å². The second kappa shape index (κ2) is 9.22. The molecule has 0 amide bonds. The van der Waals surface area contributed by atoms with Crippen molar-refractivity contribution in [3.8, 4) is 16.9 Å². The summed E-state index contributed by atoms with van der Waals surface area (Å²) in [6.07, 6.45) is 0. The molecule has 0 unspecified atom stereocenters. The third kappa shape index (κ3) is 4.89. The van der Waals surface area contributed by atoms with E-state index in [1.165, 1.54) is 0 Å². The summed E-state index contributed by atoms with van der Waals surface area (Å²) in [5.41, 5.74) is 3.40. The van der Waals surface area contributed by atoms with Crippen LogP contribution < -0.4 is 19.7 Å². The van der Waals surface area contributed by atoms with Crippen LogP contribution in [0, 0.1) is 0 Å². The lowest BCUT2D eigenvalue weighted by atomic mass is 10.1. The molecule has 1 heterocycles. The fourth-order valence-corrected chi connectivity index (χ4v) is 5.24. The highest BCUT2D eigenvalue weighted by Gasteiger charge is 2.24. The molecule has 0 radical (unpaired) electrons. The molecule has 1 aliphatic heterocycles. The van der Waals surface area contributed by atoms with Gasteiger partial charge in [-0.05, 0) is 55.3 Å². The molecule has 3 aromatic rings. The molecular formula is C25H29N3O3S. The second-order valence-electron chi connectivity index (χ2n) is 8.26. The molecule has 32 heavy (non-hydrogen) atoms. The molecule has 1 saturated heterocycles. The maximum Gasteiger partial charge on any atom is 0.261 e. The molecule has 3 aromatic carbocycles. The SMILES string of the molecule is COc1ccc(NS(=O)(=O)c2ccc(-c3ccccc3)cc2)cc1N1C[C@@H](C)N[C@@H](C)C1. The molecule has 6 nitrogen and oxygen atoms in total. The summed E-state index contributed by atoms with van der Waals surface area (Å²) in [5, 5.41) is 3.51. The summed E-state index contributed by atoms with van der Waals surface area (Å²) < 4.78 is 34.3. The van der Waals surface area contributed by atoms with Gasteiger partial charge in [-0.1, -0.05) is 42.5 Å². The summed E-state index contributed by atoms with van der Waals surface area (Å²) in [4.78, 5) is 2.45. The van der Waals surface area contributed by atoms with Gasteiger partial charge in [-0.2, -0.15) is 0 Å². The molecule has 2 atom stereocenters. The number of ether oxygens (including phenoxy) is 1. The zero-order valence-electron chi connectivity index (χ0n) is 18.6. The lowest BCUT2D eigenvalue weighted by Gasteiger charge is -2.38. The Morgan fingerprint density at radius 2 is 1.53 bits per heavy atom. The number of nitrogens with one attached hydrogen (secondary N) is 2. The third-order valence-electron chi connectivity index (χ3n) is 5.60. The summed E-state index contributed by atoms with van der Waals surface area (Å²) in [6, 6.07) is 22.8. The summed E-state index contributed by atoms with van der Waals surface area (Å²) in [7, 11) is -2.09. The number of hydrogen-bond acceptors (Lipinski definition) is 5. The van der Waals surface area contributed by atoms with Crippen LogP contribution in [0.5, 0.6) is 5.75 Å². The van der Waals surface area contributed by atoms with Gasteiger partial charge in [0.2, 0.25) is 0 Å². The van der Waals surface area contributed by atoms with Crippen LogP contribution in [0.15, 0.2) is 77.7 Å². The second-order valence-corrected chi connectivity index (χ2v) is 9.94. The van der Waals surface area contributed by atoms with Gasteiger partial charge in [0.15, 0.2) is 0 Å². The third-order valence-corrected chi connectivity index (χ3v) is 7.00. The van der Waals surface area contributed by atoms with Crippen molar-refractivity contribution in [3.05, 3.63) is 72.8 Å². The van der Waals surface area contributed by atoms with Crippen molar-refractivity contribution < 1.29 is 13.2 Å². The van der Waals surface area contributed by atoms with E-state index in [4.69, 9.17) is 4.74 Å². The molecule has 1 fully saturated rings. The molecule has 0 bridgehead atoms. The smallest absolute Gasteiger partial charge is 0.261 e. The first kappa shape index (κ1) is 22.2. The van der Waals surface area contributed by atoms with Crippen molar-refractivity contribution in [2.45, 2.75) is 30.8 Å². The average molecular weight is 452 g/mol. The number of rotatable bonds is 6. The van der Waals surface area contributed by atoms with Crippen LogP contribution in [0.3, 0.4) is 0 Å². The highest BCUT2D eigenvalue weighted by molar-refractivity contribution is 7.92. The van der Waals surface area contributed by atoms with Crippen molar-refractivity contribution >= 4 is 21.4 Å². The van der Waals surface area contributed by atoms with Crippen molar-refractivity contribution in [2.24, 2.45) is 0 Å². The van der Waals surface area contributed by atoms with Gasteiger partial charge < -0.3 is 15.0 Å². The maximum atomic E-state index is 13.0. The zero-order valence-corrected chi connectivity index (χ0v) is 19.4. The molecule has 0 aliphatic carbocycles. The molecule has 0 saturated carbocycles. The predicted molar refractivity (Wildman–Crippen MR) is 130 cm³/mol. The quantitative estimate of drug-likeness (QED) is 0.583. The van der Waals surface area contributed by atoms with E-state index < -0.39 is 10.0 Å². The molecule has 7 heteroatoms. The van der Waals surface area contributed by atoms with Crippen molar-refractivity contribution in [2.75, 3.05) is 29.8 Å². The van der Waals surface area contributed by atoms with E-state index in [1.54, 1.807) is 25.3 Å². The highest BCUT2D eigenvalue weighted by Crippen LogP contribution is 2.33. The number of piperazine rings is 1. The monoisotopic (exact) mass is 451 g/mol. The van der Waals surface area contributed by atoms with Crippen molar-refractivity contribution in [1.82, 2.24) is 5.32 Å². The molecule has 1 aliphatic rings. The number of sulfonamides is 1. The molecular weight excluding hydrogens is 422 g/mol. The van der Waals surface area contributed by atoms with Crippen LogP contribution in [0.2, 0.25) is 0 Å². The first-order valence-corrected chi connectivity index (χ1v) is 12.2. The van der Waals surface area contributed by atoms with Gasteiger partial charge in [0, 0.05) is 25.2 Å². The summed E-state index contributed by atoms with van der Waals surface area (Å²) in [5.74, 6) is 0.724. The van der Waals surface area contributed by atoms with Crippen molar-refractivity contribution in [3.63, 3.8) is 0 Å². The van der Waals surface area contributed by atoms with E-state index in [0.717, 1.165) is 35.7 Å². The molecule has 4 rings (SSSR count). The van der Waals surface area contributed by atoms with Gasteiger partial charge in [-0.25, -0.2) is 8.42 Å². The van der Waals surface area contributed by atoms with Crippen molar-refractivity contribution in [1.29, 1.82) is 0 Å². The molecule has 168 valence electrons. The van der Waals surface area contributed by atoms with E-state index in [2.05, 4.69) is 28.8 Å². The average Bonchev–Trinajstić information content (AvgIpc) is 2.79. The fraction of sp³-hybridized carbons (Fsp3) is 0.280. The largest absolute Gasteiger partial charge is 0.495 e. The van der Waals surface area contributed by atoms with Crippen LogP contribution in [0.1, 0.15) is 13.8 Å². The summed E-state index contributed by atoms with van der Waals surface area (Å²) in [6.45, 7) is 5.91. The lowest BCUT2D eigenvalue weighted by Crippen LogP contribution is -2.54. The molecule has 2 N–H and O–H groups in total. The summed E-state index contributed by atoms with van der Waals surface area (Å²) >= 11 is 0. The topological polar surface area (TPSA) is 70.7 Å². The number of hydrogen-bond donors (Lipinski definition) is 2. The van der Waals surface area contributed by atoms with Crippen LogP contribution in [0.25, 0.3) is 11.1 Å². The zero-order chi connectivity index (χ0) is 22.7. The van der Waals surface area contributed by atoms with Crippen LogP contribution >= 0.6 is 0 Å². The van der Waals surface area contributed by atoms with Gasteiger partial charge in [-0.15, -0.1) is 0 Å². The van der Waals surface area contributed by atoms with Crippen LogP contribution in [-0.4, -0.2) is 40.7 Å². The Balaban J connectivity index is 1.58. The minimum Gasteiger partial charge on any atom is -0.495 e. The first-order valence-electron chi connectivity index (χ1n) is 10.7. The Labute approximate surface area is 190 Å². The van der Waals surface area contributed by atoms with Gasteiger partial charge in [0.1, 0.15) is 5.75 Å². The lowest BCUT2D eigenvalue weighted by molar-refractivity contribution is 0.391. The minimum absolute atomic E-state index is 0.221. The number of benzene rings is 3. The first-order chi connectivity index (χ1) is 15.4. The van der Waals surface area contributed by atoms with E-state index in [-0.39, 0.29) is 4.90 Å². The molecule has 0 spiro atoms. The van der Waals surface area contributed by atoms with E-state index in [1.807, 2.05) is 54.6 Å². The van der Waals surface area contributed by atoms with E-state index in [0.29, 0.717) is 17.8 Å². The Morgan fingerprint density at radius 3 is 2.16 bits per heavy atom. The van der Waals surface area contributed by atoms with Crippen LogP contribution in [0.4, 0.5) is 11.4 Å². The normalized spacial score (nSPS) is 18.9. The number of methoxy groups -OCH3 is 1. The van der Waals surface area contributed by atoms with Gasteiger partial charge in [-0.3, -0.25) is 4.72 Å². The Kier molecular flexibility index (Phi) is 6.39.